The van der Waals surface area contributed by atoms with Crippen molar-refractivity contribution < 1.29 is 0 Å². The van der Waals surface area contributed by atoms with E-state index in [9.17, 15) is 0 Å². The molecular weight excluding hydrogens is 228 g/mol. The van der Waals surface area contributed by atoms with Crippen molar-refractivity contribution in [1.82, 2.24) is 4.98 Å². The maximum absolute atomic E-state index is 4.87. The van der Waals surface area contributed by atoms with Crippen LogP contribution < -0.4 is 4.98 Å². The zero-order valence-electron chi connectivity index (χ0n) is 11.3. The monoisotopic (exact) mass is 251 g/mol. The predicted molar refractivity (Wildman–Crippen MR) is 78.2 cm³/mol. The van der Waals surface area contributed by atoms with Crippen molar-refractivity contribution in [2.75, 3.05) is 0 Å². The molecular formula is C12H23N2Si2. The smallest absolute Gasteiger partial charge is 0.172 e. The van der Waals surface area contributed by atoms with Gasteiger partial charge in [0.05, 0.1) is 0 Å². The van der Waals surface area contributed by atoms with Gasteiger partial charge in [0.25, 0.3) is 0 Å². The molecule has 0 aromatic rings. The van der Waals surface area contributed by atoms with Crippen LogP contribution in [0.3, 0.4) is 0 Å². The lowest BCUT2D eigenvalue weighted by Crippen LogP contribution is -2.43. The highest BCUT2D eigenvalue weighted by atomic mass is 28.3. The number of hydrogen-bond acceptors (Lipinski definition) is 2. The van der Waals surface area contributed by atoms with Gasteiger partial charge < -0.3 is 9.64 Å². The molecule has 0 spiro atoms. The molecule has 89 valence electrons. The second kappa shape index (κ2) is 4.88. The van der Waals surface area contributed by atoms with Crippen LogP contribution in [0.4, 0.5) is 0 Å². The van der Waals surface area contributed by atoms with Crippen molar-refractivity contribution in [3.63, 3.8) is 0 Å². The van der Waals surface area contributed by atoms with Gasteiger partial charge in [0.15, 0.2) is 8.24 Å². The number of nitrogens with one attached hydrogen (secondary N) is 1. The third kappa shape index (κ3) is 5.12. The second-order valence-electron chi connectivity index (χ2n) is 6.17. The van der Waals surface area contributed by atoms with Crippen LogP contribution in [0, 0.1) is 19.3 Å². The second-order valence-corrected chi connectivity index (χ2v) is 15.5. The average molecular weight is 252 g/mol. The van der Waals surface area contributed by atoms with Gasteiger partial charge in [-0.3, -0.25) is 0 Å². The fraction of sp³-hybridized carbons (Fsp3) is 0.500. The average Bonchev–Trinajstić information content (AvgIpc) is 2.03. The van der Waals surface area contributed by atoms with Crippen LogP contribution in [-0.2, 0) is 0 Å². The molecule has 0 atom stereocenters. The van der Waals surface area contributed by atoms with Crippen molar-refractivity contribution >= 4 is 22.2 Å². The first-order chi connectivity index (χ1) is 7.17. The molecule has 1 aliphatic carbocycles. The lowest BCUT2D eigenvalue weighted by molar-refractivity contribution is 1.16. The summed E-state index contributed by atoms with van der Waals surface area (Å²) in [6.07, 6.45) is 8.39. The van der Waals surface area contributed by atoms with Crippen LogP contribution in [0.1, 0.15) is 0 Å². The third-order valence-corrected chi connectivity index (χ3v) is 3.80. The van der Waals surface area contributed by atoms with Gasteiger partial charge in [-0.15, -0.1) is 0 Å². The van der Waals surface area contributed by atoms with E-state index in [2.05, 4.69) is 69.6 Å². The SMILES string of the molecule is C[Si](C)(C)/N=C1\[CH][CH][CH]C=C1N[Si](C)(C)C. The molecule has 1 aliphatic rings. The summed E-state index contributed by atoms with van der Waals surface area (Å²) in [6, 6.07) is 0. The Balaban J connectivity index is 2.88. The maximum Gasteiger partial charge on any atom is 0.172 e. The predicted octanol–water partition coefficient (Wildman–Crippen LogP) is 3.20. The number of allylic oxidation sites excluding steroid dienone is 2. The summed E-state index contributed by atoms with van der Waals surface area (Å²) in [7, 11) is -2.70. The summed E-state index contributed by atoms with van der Waals surface area (Å²) in [6.45, 7) is 13.7. The van der Waals surface area contributed by atoms with E-state index < -0.39 is 16.5 Å². The van der Waals surface area contributed by atoms with Gasteiger partial charge in [-0.1, -0.05) is 25.7 Å². The van der Waals surface area contributed by atoms with Gasteiger partial charge in [0, 0.05) is 17.8 Å². The number of hydrogen-bond donors (Lipinski definition) is 1. The fourth-order valence-corrected chi connectivity index (χ4v) is 3.38. The largest absolute Gasteiger partial charge is 0.410 e. The van der Waals surface area contributed by atoms with Gasteiger partial charge >= 0.3 is 0 Å². The minimum atomic E-state index is -1.40. The summed E-state index contributed by atoms with van der Waals surface area (Å²) in [5.74, 6) is 0. The first kappa shape index (κ1) is 13.7. The minimum absolute atomic E-state index is 1.13. The normalized spacial score (nSPS) is 20.9. The molecule has 16 heavy (non-hydrogen) atoms. The maximum atomic E-state index is 4.87. The standard InChI is InChI=1S/C12H23N2Si2/c1-15(2,3)13-11-9-7-8-10-12(11)14-16(4,5)6/h7-10,13H,1-6H3/b14-12+. The van der Waals surface area contributed by atoms with Crippen LogP contribution in [0.25, 0.3) is 0 Å². The lowest BCUT2D eigenvalue weighted by atomic mass is 10.0. The first-order valence-corrected chi connectivity index (χ1v) is 12.7. The Morgan fingerprint density at radius 3 is 2.12 bits per heavy atom. The van der Waals surface area contributed by atoms with Gasteiger partial charge in [-0.25, -0.2) is 0 Å². The van der Waals surface area contributed by atoms with E-state index in [1.165, 1.54) is 5.70 Å². The van der Waals surface area contributed by atoms with Crippen molar-refractivity contribution in [2.24, 2.45) is 4.66 Å². The van der Waals surface area contributed by atoms with E-state index in [1.807, 2.05) is 0 Å². The first-order valence-electron chi connectivity index (χ1n) is 5.77. The van der Waals surface area contributed by atoms with Gasteiger partial charge in [0.1, 0.15) is 8.24 Å². The van der Waals surface area contributed by atoms with Crippen molar-refractivity contribution in [3.05, 3.63) is 31.0 Å². The zero-order chi connectivity index (χ0) is 12.4. The van der Waals surface area contributed by atoms with E-state index in [0.29, 0.717) is 0 Å². The molecule has 1 rings (SSSR count). The van der Waals surface area contributed by atoms with Gasteiger partial charge in [-0.05, 0) is 32.5 Å². The van der Waals surface area contributed by atoms with Crippen molar-refractivity contribution in [3.8, 4) is 0 Å². The van der Waals surface area contributed by atoms with E-state index in [0.717, 1.165) is 5.71 Å². The Morgan fingerprint density at radius 1 is 1.00 bits per heavy atom. The molecule has 0 aliphatic heterocycles. The Labute approximate surface area is 102 Å². The molecule has 0 saturated carbocycles. The fourth-order valence-electron chi connectivity index (χ4n) is 1.44. The quantitative estimate of drug-likeness (QED) is 0.765. The molecule has 0 saturated heterocycles. The molecule has 3 radical (unpaired) electrons. The highest BCUT2D eigenvalue weighted by Crippen LogP contribution is 2.16. The summed E-state index contributed by atoms with van der Waals surface area (Å²) in [5, 5.41) is 0. The number of nitrogens with zero attached hydrogens (tertiary/aromatic N) is 1. The summed E-state index contributed by atoms with van der Waals surface area (Å²) >= 11 is 0. The van der Waals surface area contributed by atoms with E-state index >= 15 is 0 Å². The van der Waals surface area contributed by atoms with Crippen LogP contribution in [0.5, 0.6) is 0 Å². The van der Waals surface area contributed by atoms with Crippen LogP contribution in [-0.4, -0.2) is 22.2 Å². The Bertz CT molecular complexity index is 306. The molecule has 0 aromatic carbocycles. The molecule has 1 N–H and O–H groups in total. The topological polar surface area (TPSA) is 24.4 Å². The molecule has 0 bridgehead atoms. The lowest BCUT2D eigenvalue weighted by Gasteiger charge is -2.27. The van der Waals surface area contributed by atoms with E-state index in [-0.39, 0.29) is 0 Å². The van der Waals surface area contributed by atoms with E-state index in [4.69, 9.17) is 4.66 Å². The molecule has 0 unspecified atom stereocenters. The zero-order valence-corrected chi connectivity index (χ0v) is 13.3. The van der Waals surface area contributed by atoms with Gasteiger partial charge in [0.2, 0.25) is 0 Å². The summed E-state index contributed by atoms with van der Waals surface area (Å²) < 4.78 is 4.87. The molecule has 0 aromatic heterocycles. The Kier molecular flexibility index (Phi) is 4.18. The molecule has 2 nitrogen and oxygen atoms in total. The summed E-state index contributed by atoms with van der Waals surface area (Å²) in [5.41, 5.74) is 2.33. The Hall–Kier alpha value is -0.356. The third-order valence-electron chi connectivity index (χ3n) is 1.87. The van der Waals surface area contributed by atoms with Gasteiger partial charge in [-0.2, -0.15) is 0 Å². The van der Waals surface area contributed by atoms with Crippen molar-refractivity contribution in [1.29, 1.82) is 0 Å². The minimum Gasteiger partial charge on any atom is -0.410 e. The molecule has 4 heteroatoms. The summed E-state index contributed by atoms with van der Waals surface area (Å²) in [4.78, 5) is 3.64. The molecule has 0 heterocycles. The van der Waals surface area contributed by atoms with Crippen molar-refractivity contribution in [2.45, 2.75) is 39.3 Å². The molecule has 0 fully saturated rings. The van der Waals surface area contributed by atoms with E-state index in [1.54, 1.807) is 0 Å². The highest BCUT2D eigenvalue weighted by Gasteiger charge is 2.22. The Morgan fingerprint density at radius 2 is 1.62 bits per heavy atom. The molecule has 0 amide bonds. The highest BCUT2D eigenvalue weighted by molar-refractivity contribution is 6.76. The van der Waals surface area contributed by atoms with Crippen LogP contribution in [0.2, 0.25) is 39.3 Å². The number of rotatable bonds is 3. The van der Waals surface area contributed by atoms with Crippen LogP contribution in [0.15, 0.2) is 16.4 Å². The van der Waals surface area contributed by atoms with Crippen LogP contribution >= 0.6 is 0 Å².